The summed E-state index contributed by atoms with van der Waals surface area (Å²) >= 11 is 0. The minimum Gasteiger partial charge on any atom is -0.490 e. The molecule has 5 rings (SSSR count). The molecule has 7 nitrogen and oxygen atoms in total. The summed E-state index contributed by atoms with van der Waals surface area (Å²) < 4.78 is 7.54. The lowest BCUT2D eigenvalue weighted by molar-refractivity contribution is 0.0690. The first-order valence-electron chi connectivity index (χ1n) is 10.5. The Bertz CT molecular complexity index is 1100. The van der Waals surface area contributed by atoms with Gasteiger partial charge in [-0.05, 0) is 42.4 Å². The second kappa shape index (κ2) is 7.91. The first-order valence-corrected chi connectivity index (χ1v) is 10.5. The minimum absolute atomic E-state index is 0.125. The maximum absolute atomic E-state index is 12.7. The molecule has 2 fully saturated rings. The van der Waals surface area contributed by atoms with Gasteiger partial charge >= 0.3 is 12.0 Å². The zero-order chi connectivity index (χ0) is 21.4. The van der Waals surface area contributed by atoms with Gasteiger partial charge in [-0.2, -0.15) is 9.78 Å². The largest absolute Gasteiger partial charge is 0.490 e. The molecule has 1 aliphatic heterocycles. The molecule has 1 saturated carbocycles. The van der Waals surface area contributed by atoms with Crippen LogP contribution < -0.4 is 4.74 Å². The van der Waals surface area contributed by atoms with Crippen LogP contribution in [0.25, 0.3) is 11.1 Å². The predicted molar refractivity (Wildman–Crippen MR) is 114 cm³/mol. The third kappa shape index (κ3) is 3.79. The van der Waals surface area contributed by atoms with E-state index in [9.17, 15) is 9.59 Å². The summed E-state index contributed by atoms with van der Waals surface area (Å²) in [5.41, 5.74) is 2.09. The second-order valence-electron chi connectivity index (χ2n) is 8.23. The SMILES string of the molecule is O=C(O)c1ccn(C(=O)N2C[C@H]3CC(Oc4ccccc4-c4ccccc4)C[C@H]3C2)n1. The number of hydrogen-bond acceptors (Lipinski definition) is 4. The molecule has 31 heavy (non-hydrogen) atoms. The van der Waals surface area contributed by atoms with E-state index in [1.807, 2.05) is 36.4 Å². The summed E-state index contributed by atoms with van der Waals surface area (Å²) in [6.07, 6.45) is 3.33. The third-order valence-corrected chi connectivity index (χ3v) is 6.25. The average molecular weight is 417 g/mol. The van der Waals surface area contributed by atoms with Gasteiger partial charge in [0.15, 0.2) is 5.69 Å². The van der Waals surface area contributed by atoms with Crippen molar-refractivity contribution in [2.24, 2.45) is 11.8 Å². The van der Waals surface area contributed by atoms with Crippen molar-refractivity contribution < 1.29 is 19.4 Å². The summed E-state index contributed by atoms with van der Waals surface area (Å²) in [4.78, 5) is 25.5. The molecule has 0 bridgehead atoms. The number of benzene rings is 2. The Hall–Kier alpha value is -3.61. The van der Waals surface area contributed by atoms with Gasteiger partial charge in [0.2, 0.25) is 0 Å². The molecule has 1 unspecified atom stereocenters. The van der Waals surface area contributed by atoms with E-state index in [-0.39, 0.29) is 17.8 Å². The molecule has 3 aromatic rings. The molecule has 3 atom stereocenters. The molecule has 1 aliphatic carbocycles. The fraction of sp³-hybridized carbons (Fsp3) is 0.292. The predicted octanol–water partition coefficient (Wildman–Crippen LogP) is 4.01. The molecule has 0 radical (unpaired) electrons. The summed E-state index contributed by atoms with van der Waals surface area (Å²) in [5.74, 6) is 0.518. The Labute approximate surface area is 179 Å². The van der Waals surface area contributed by atoms with E-state index < -0.39 is 5.97 Å². The van der Waals surface area contributed by atoms with Gasteiger partial charge in [-0.1, -0.05) is 48.5 Å². The minimum atomic E-state index is -1.14. The fourth-order valence-corrected chi connectivity index (χ4v) is 4.79. The van der Waals surface area contributed by atoms with E-state index in [1.54, 1.807) is 4.90 Å². The van der Waals surface area contributed by atoms with Gasteiger partial charge in [-0.15, -0.1) is 0 Å². The lowest BCUT2D eigenvalue weighted by Crippen LogP contribution is -2.34. The highest BCUT2D eigenvalue weighted by atomic mass is 16.5. The first-order chi connectivity index (χ1) is 15.1. The van der Waals surface area contributed by atoms with E-state index in [4.69, 9.17) is 9.84 Å². The third-order valence-electron chi connectivity index (χ3n) is 6.25. The number of rotatable bonds is 4. The highest BCUT2D eigenvalue weighted by Crippen LogP contribution is 2.41. The van der Waals surface area contributed by atoms with Crippen LogP contribution >= 0.6 is 0 Å². The monoisotopic (exact) mass is 417 g/mol. The van der Waals surface area contributed by atoms with Crippen molar-refractivity contribution in [3.05, 3.63) is 72.6 Å². The molecule has 0 spiro atoms. The Morgan fingerprint density at radius 1 is 0.935 bits per heavy atom. The maximum atomic E-state index is 12.7. The lowest BCUT2D eigenvalue weighted by Gasteiger charge is -2.21. The Kier molecular flexibility index (Phi) is 4.94. The first kappa shape index (κ1) is 19.4. The van der Waals surface area contributed by atoms with Gasteiger partial charge in [0.25, 0.3) is 0 Å². The van der Waals surface area contributed by atoms with E-state index >= 15 is 0 Å². The second-order valence-corrected chi connectivity index (χ2v) is 8.23. The number of amides is 1. The average Bonchev–Trinajstić information content (AvgIpc) is 3.49. The molecule has 2 heterocycles. The number of nitrogens with zero attached hydrogens (tertiary/aromatic N) is 3. The van der Waals surface area contributed by atoms with Crippen LogP contribution in [-0.2, 0) is 0 Å². The topological polar surface area (TPSA) is 84.7 Å². The Morgan fingerprint density at radius 3 is 2.29 bits per heavy atom. The molecule has 7 heteroatoms. The number of likely N-dealkylation sites (tertiary alicyclic amines) is 1. The number of fused-ring (bicyclic) bond motifs is 1. The molecular formula is C24H23N3O4. The molecule has 2 aliphatic rings. The standard InChI is InChI=1S/C24H23N3O4/c28-23(29)21-10-11-27(25-21)24(30)26-14-17-12-19(13-18(17)15-26)31-22-9-5-4-8-20(22)16-6-2-1-3-7-16/h1-11,17-19H,12-15H2,(H,28,29)/t17-,18+,19?. The van der Waals surface area contributed by atoms with Crippen LogP contribution in [0.3, 0.4) is 0 Å². The van der Waals surface area contributed by atoms with Gasteiger partial charge in [-0.25, -0.2) is 9.59 Å². The number of hydrogen-bond donors (Lipinski definition) is 1. The Balaban J connectivity index is 1.23. The molecule has 1 saturated heterocycles. The molecule has 1 aromatic heterocycles. The van der Waals surface area contributed by atoms with Crippen molar-refractivity contribution in [2.45, 2.75) is 18.9 Å². The highest BCUT2D eigenvalue weighted by Gasteiger charge is 2.43. The number of carboxylic acid groups (broad SMARTS) is 1. The van der Waals surface area contributed by atoms with E-state index in [0.29, 0.717) is 24.9 Å². The maximum Gasteiger partial charge on any atom is 0.356 e. The summed E-state index contributed by atoms with van der Waals surface area (Å²) in [6.45, 7) is 1.29. The van der Waals surface area contributed by atoms with Gasteiger partial charge in [0.05, 0.1) is 6.10 Å². The van der Waals surface area contributed by atoms with Crippen LogP contribution in [0.4, 0.5) is 4.79 Å². The van der Waals surface area contributed by atoms with Crippen molar-refractivity contribution >= 4 is 12.0 Å². The van der Waals surface area contributed by atoms with E-state index in [1.165, 1.54) is 12.3 Å². The van der Waals surface area contributed by atoms with E-state index in [2.05, 4.69) is 23.3 Å². The van der Waals surface area contributed by atoms with E-state index in [0.717, 1.165) is 34.4 Å². The van der Waals surface area contributed by atoms with Crippen molar-refractivity contribution in [1.29, 1.82) is 0 Å². The number of carbonyl (C=O) groups excluding carboxylic acids is 1. The number of carboxylic acids is 1. The molecule has 1 amide bonds. The molecule has 158 valence electrons. The van der Waals surface area contributed by atoms with Crippen molar-refractivity contribution in [3.63, 3.8) is 0 Å². The smallest absolute Gasteiger partial charge is 0.356 e. The normalized spacial score (nSPS) is 22.3. The number of aromatic nitrogens is 2. The number of para-hydroxylation sites is 1. The van der Waals surface area contributed by atoms with Crippen molar-refractivity contribution in [1.82, 2.24) is 14.7 Å². The number of carbonyl (C=O) groups is 2. The molecule has 2 aromatic carbocycles. The number of ether oxygens (including phenoxy) is 1. The van der Waals surface area contributed by atoms with Crippen LogP contribution in [-0.4, -0.2) is 51.0 Å². The summed E-state index contributed by atoms with van der Waals surface area (Å²) in [5, 5.41) is 12.9. The van der Waals surface area contributed by atoms with Crippen molar-refractivity contribution in [2.75, 3.05) is 13.1 Å². The summed E-state index contributed by atoms with van der Waals surface area (Å²) in [6, 6.07) is 19.4. The fourth-order valence-electron chi connectivity index (χ4n) is 4.79. The Morgan fingerprint density at radius 2 is 1.61 bits per heavy atom. The van der Waals surface area contributed by atoms with Crippen LogP contribution in [0.1, 0.15) is 23.3 Å². The van der Waals surface area contributed by atoms with Crippen LogP contribution in [0.2, 0.25) is 0 Å². The quantitative estimate of drug-likeness (QED) is 0.693. The van der Waals surface area contributed by atoms with Gasteiger partial charge < -0.3 is 14.7 Å². The van der Waals surface area contributed by atoms with Crippen molar-refractivity contribution in [3.8, 4) is 16.9 Å². The van der Waals surface area contributed by atoms with Crippen LogP contribution in [0.5, 0.6) is 5.75 Å². The molecular weight excluding hydrogens is 394 g/mol. The zero-order valence-electron chi connectivity index (χ0n) is 16.9. The van der Waals surface area contributed by atoms with Crippen LogP contribution in [0.15, 0.2) is 66.9 Å². The van der Waals surface area contributed by atoms with Gasteiger partial charge in [0, 0.05) is 24.8 Å². The lowest BCUT2D eigenvalue weighted by atomic mass is 10.0. The zero-order valence-corrected chi connectivity index (χ0v) is 16.9. The highest BCUT2D eigenvalue weighted by molar-refractivity contribution is 5.86. The van der Waals surface area contributed by atoms with Crippen LogP contribution in [0, 0.1) is 11.8 Å². The summed E-state index contributed by atoms with van der Waals surface area (Å²) in [7, 11) is 0. The molecule has 1 N–H and O–H groups in total. The number of aromatic carboxylic acids is 1. The van der Waals surface area contributed by atoms with Gasteiger partial charge in [-0.3, -0.25) is 0 Å². The van der Waals surface area contributed by atoms with Gasteiger partial charge in [0.1, 0.15) is 5.75 Å².